The van der Waals surface area contributed by atoms with E-state index in [1.54, 1.807) is 7.11 Å². The molecule has 2 heterocycles. The fourth-order valence-electron chi connectivity index (χ4n) is 3.14. The van der Waals surface area contributed by atoms with Crippen molar-refractivity contribution >= 4 is 16.6 Å². The highest BCUT2D eigenvalue weighted by molar-refractivity contribution is 5.96. The van der Waals surface area contributed by atoms with Crippen molar-refractivity contribution in [2.24, 2.45) is 0 Å². The summed E-state index contributed by atoms with van der Waals surface area (Å²) in [4.78, 5) is 12.7. The molecule has 4 nitrogen and oxygen atoms in total. The predicted molar refractivity (Wildman–Crippen MR) is 94.3 cm³/mol. The van der Waals surface area contributed by atoms with Crippen molar-refractivity contribution in [3.63, 3.8) is 0 Å². The van der Waals surface area contributed by atoms with E-state index in [1.165, 1.54) is 5.39 Å². The van der Waals surface area contributed by atoms with Crippen LogP contribution in [0.4, 0.5) is 0 Å². The second kappa shape index (κ2) is 6.97. The van der Waals surface area contributed by atoms with E-state index in [0.29, 0.717) is 13.2 Å². The Labute approximate surface area is 142 Å². The van der Waals surface area contributed by atoms with Gasteiger partial charge in [0.2, 0.25) is 12.3 Å². The van der Waals surface area contributed by atoms with Gasteiger partial charge in [-0.15, -0.1) is 0 Å². The van der Waals surface area contributed by atoms with E-state index in [-0.39, 0.29) is 5.78 Å². The van der Waals surface area contributed by atoms with Crippen molar-refractivity contribution in [2.45, 2.75) is 26.9 Å². The van der Waals surface area contributed by atoms with Gasteiger partial charge < -0.3 is 9.30 Å². The van der Waals surface area contributed by atoms with Crippen LogP contribution in [0.15, 0.2) is 48.8 Å². The SMILES string of the molecule is COCCn1c(C)cc(C(=O)C[n+]2ccc3ccccc3c2)c1C. The van der Waals surface area contributed by atoms with Crippen molar-refractivity contribution < 1.29 is 14.1 Å². The smallest absolute Gasteiger partial charge is 0.229 e. The van der Waals surface area contributed by atoms with Gasteiger partial charge in [-0.05, 0) is 31.4 Å². The van der Waals surface area contributed by atoms with Gasteiger partial charge in [0, 0.05) is 42.1 Å². The van der Waals surface area contributed by atoms with Gasteiger partial charge in [0.15, 0.2) is 12.4 Å². The first-order chi connectivity index (χ1) is 11.6. The number of benzene rings is 1. The second-order valence-electron chi connectivity index (χ2n) is 6.10. The van der Waals surface area contributed by atoms with Crippen molar-refractivity contribution in [1.29, 1.82) is 0 Å². The third kappa shape index (κ3) is 3.24. The Hall–Kier alpha value is -2.46. The second-order valence-corrected chi connectivity index (χ2v) is 6.10. The van der Waals surface area contributed by atoms with Crippen LogP contribution in [0.25, 0.3) is 10.8 Å². The van der Waals surface area contributed by atoms with Gasteiger partial charge in [0.05, 0.1) is 6.61 Å². The third-order valence-corrected chi connectivity index (χ3v) is 4.47. The molecule has 3 rings (SSSR count). The lowest BCUT2D eigenvalue weighted by Gasteiger charge is -2.08. The number of fused-ring (bicyclic) bond motifs is 1. The summed E-state index contributed by atoms with van der Waals surface area (Å²) in [6.07, 6.45) is 3.99. The van der Waals surface area contributed by atoms with E-state index in [0.717, 1.165) is 28.9 Å². The molecule has 1 aromatic carbocycles. The zero-order valence-corrected chi connectivity index (χ0v) is 14.5. The molecule has 0 radical (unpaired) electrons. The van der Waals surface area contributed by atoms with Gasteiger partial charge >= 0.3 is 0 Å². The molecule has 0 bridgehead atoms. The molecule has 0 atom stereocenters. The molecule has 0 amide bonds. The normalized spacial score (nSPS) is 11.1. The quantitative estimate of drug-likeness (QED) is 0.516. The number of rotatable bonds is 6. The van der Waals surface area contributed by atoms with Crippen LogP contribution in [0, 0.1) is 13.8 Å². The van der Waals surface area contributed by atoms with E-state index in [1.807, 2.05) is 55.1 Å². The lowest BCUT2D eigenvalue weighted by Crippen LogP contribution is -2.37. The van der Waals surface area contributed by atoms with Crippen molar-refractivity contribution in [2.75, 3.05) is 13.7 Å². The van der Waals surface area contributed by atoms with E-state index in [2.05, 4.69) is 16.7 Å². The molecule has 2 aromatic heterocycles. The van der Waals surface area contributed by atoms with Crippen molar-refractivity contribution in [1.82, 2.24) is 4.57 Å². The molecule has 0 aliphatic carbocycles. The number of hydrogen-bond donors (Lipinski definition) is 0. The van der Waals surface area contributed by atoms with Crippen LogP contribution in [0.5, 0.6) is 0 Å². The van der Waals surface area contributed by atoms with Gasteiger partial charge in [0.1, 0.15) is 0 Å². The maximum absolute atomic E-state index is 12.7. The Kier molecular flexibility index (Phi) is 4.76. The Morgan fingerprint density at radius 3 is 2.67 bits per heavy atom. The highest BCUT2D eigenvalue weighted by Crippen LogP contribution is 2.16. The number of nitrogens with zero attached hydrogens (tertiary/aromatic N) is 2. The fraction of sp³-hybridized carbons (Fsp3) is 0.300. The van der Waals surface area contributed by atoms with Crippen LogP contribution in [-0.2, 0) is 17.8 Å². The lowest BCUT2D eigenvalue weighted by atomic mass is 10.1. The Morgan fingerprint density at radius 2 is 1.92 bits per heavy atom. The number of ketones is 1. The van der Waals surface area contributed by atoms with Crippen LogP contribution >= 0.6 is 0 Å². The number of aromatic nitrogens is 2. The first-order valence-corrected chi connectivity index (χ1v) is 8.17. The van der Waals surface area contributed by atoms with Crippen LogP contribution in [0.3, 0.4) is 0 Å². The highest BCUT2D eigenvalue weighted by atomic mass is 16.5. The number of carbonyl (C=O) groups excluding carboxylic acids is 1. The maximum atomic E-state index is 12.7. The number of aryl methyl sites for hydroxylation is 1. The summed E-state index contributed by atoms with van der Waals surface area (Å²) in [5.41, 5.74) is 2.90. The first-order valence-electron chi connectivity index (χ1n) is 8.17. The molecule has 3 aromatic rings. The van der Waals surface area contributed by atoms with Gasteiger partial charge in [-0.1, -0.05) is 18.2 Å². The molecule has 0 saturated heterocycles. The molecule has 24 heavy (non-hydrogen) atoms. The van der Waals surface area contributed by atoms with Crippen molar-refractivity contribution in [3.8, 4) is 0 Å². The maximum Gasteiger partial charge on any atom is 0.229 e. The van der Waals surface area contributed by atoms with Crippen LogP contribution in [0.2, 0.25) is 0 Å². The molecule has 4 heteroatoms. The lowest BCUT2D eigenvalue weighted by molar-refractivity contribution is -0.681. The summed E-state index contributed by atoms with van der Waals surface area (Å²) >= 11 is 0. The minimum atomic E-state index is 0.132. The summed E-state index contributed by atoms with van der Waals surface area (Å²) in [7, 11) is 1.69. The first kappa shape index (κ1) is 16.4. The fourth-order valence-corrected chi connectivity index (χ4v) is 3.14. The standard InChI is InChI=1S/C20H23N2O2/c1-15-12-19(16(2)22(15)10-11-24-3)20(23)14-21-9-8-17-6-4-5-7-18(17)13-21/h4-9,12-13H,10-11,14H2,1-3H3/q+1. The summed E-state index contributed by atoms with van der Waals surface area (Å²) in [6, 6.07) is 12.2. The monoisotopic (exact) mass is 323 g/mol. The van der Waals surface area contributed by atoms with Crippen LogP contribution in [0.1, 0.15) is 21.7 Å². The Balaban J connectivity index is 1.83. The molecule has 0 fully saturated rings. The summed E-state index contributed by atoms with van der Waals surface area (Å²) in [5, 5.41) is 2.32. The van der Waals surface area contributed by atoms with E-state index < -0.39 is 0 Å². The molecule has 124 valence electrons. The molecule has 0 aliphatic rings. The predicted octanol–water partition coefficient (Wildman–Crippen LogP) is 3.07. The van der Waals surface area contributed by atoms with Crippen molar-refractivity contribution in [3.05, 3.63) is 65.7 Å². The zero-order valence-electron chi connectivity index (χ0n) is 14.5. The summed E-state index contributed by atoms with van der Waals surface area (Å²) in [5.74, 6) is 0.132. The number of ether oxygens (including phenoxy) is 1. The summed E-state index contributed by atoms with van der Waals surface area (Å²) in [6.45, 7) is 5.79. The zero-order chi connectivity index (χ0) is 17.1. The van der Waals surface area contributed by atoms with Crippen LogP contribution < -0.4 is 4.57 Å². The average Bonchev–Trinajstić information content (AvgIpc) is 2.87. The summed E-state index contributed by atoms with van der Waals surface area (Å²) < 4.78 is 9.24. The molecular formula is C20H23N2O2+. The minimum absolute atomic E-state index is 0.132. The number of methoxy groups -OCH3 is 1. The number of carbonyl (C=O) groups is 1. The Morgan fingerprint density at radius 1 is 1.17 bits per heavy atom. The number of hydrogen-bond acceptors (Lipinski definition) is 2. The van der Waals surface area contributed by atoms with E-state index in [9.17, 15) is 4.79 Å². The van der Waals surface area contributed by atoms with E-state index in [4.69, 9.17) is 4.74 Å². The largest absolute Gasteiger partial charge is 0.383 e. The molecule has 0 saturated carbocycles. The topological polar surface area (TPSA) is 35.1 Å². The minimum Gasteiger partial charge on any atom is -0.383 e. The Bertz CT molecular complexity index is 880. The van der Waals surface area contributed by atoms with Gasteiger partial charge in [-0.25, -0.2) is 0 Å². The number of pyridine rings is 1. The van der Waals surface area contributed by atoms with Crippen LogP contribution in [-0.4, -0.2) is 24.1 Å². The third-order valence-electron chi connectivity index (χ3n) is 4.47. The molecule has 0 unspecified atom stereocenters. The molecule has 0 N–H and O–H groups in total. The average molecular weight is 323 g/mol. The molecule has 0 aliphatic heterocycles. The number of Topliss-reactive ketones (excluding diaryl/α,β-unsaturated/α-hetero) is 1. The van der Waals surface area contributed by atoms with Gasteiger partial charge in [-0.3, -0.25) is 4.79 Å². The molecule has 0 spiro atoms. The van der Waals surface area contributed by atoms with Gasteiger partial charge in [0.25, 0.3) is 0 Å². The molecular weight excluding hydrogens is 300 g/mol. The van der Waals surface area contributed by atoms with Gasteiger partial charge in [-0.2, -0.15) is 4.57 Å². The highest BCUT2D eigenvalue weighted by Gasteiger charge is 2.19. The van der Waals surface area contributed by atoms with E-state index >= 15 is 0 Å².